The molecular weight excluding hydrogens is 375 g/mol. The first-order chi connectivity index (χ1) is 11.3. The summed E-state index contributed by atoms with van der Waals surface area (Å²) in [4.78, 5) is 26.0. The minimum Gasteiger partial charge on any atom is -0.352 e. The summed E-state index contributed by atoms with van der Waals surface area (Å²) in [6.45, 7) is 0.199. The van der Waals surface area contributed by atoms with Crippen molar-refractivity contribution in [1.82, 2.24) is 5.32 Å². The van der Waals surface area contributed by atoms with E-state index in [0.29, 0.717) is 17.1 Å². The number of amides is 2. The monoisotopic (exact) mass is 390 g/mol. The number of halogens is 2. The summed E-state index contributed by atoms with van der Waals surface area (Å²) in [6, 6.07) is 4.61. The molecule has 2 atom stereocenters. The molecule has 2 unspecified atom stereocenters. The van der Waals surface area contributed by atoms with Crippen molar-refractivity contribution >= 4 is 50.5 Å². The molecule has 0 saturated carbocycles. The molecule has 24 heavy (non-hydrogen) atoms. The Kier molecular flexibility index (Phi) is 4.77. The zero-order valence-electron chi connectivity index (χ0n) is 12.7. The van der Waals surface area contributed by atoms with Gasteiger partial charge in [-0.15, -0.1) is 0 Å². The van der Waals surface area contributed by atoms with Gasteiger partial charge in [0.25, 0.3) is 0 Å². The fraction of sp³-hybridized carbons (Fsp3) is 0.467. The van der Waals surface area contributed by atoms with Gasteiger partial charge in [0.1, 0.15) is 0 Å². The van der Waals surface area contributed by atoms with Crippen LogP contribution in [-0.4, -0.2) is 44.3 Å². The molecule has 3 rings (SSSR count). The number of sulfone groups is 1. The molecule has 2 fully saturated rings. The van der Waals surface area contributed by atoms with Crippen LogP contribution >= 0.6 is 23.2 Å². The lowest BCUT2D eigenvalue weighted by atomic mass is 10.1. The third-order valence-electron chi connectivity index (χ3n) is 4.30. The molecule has 0 spiro atoms. The van der Waals surface area contributed by atoms with Gasteiger partial charge in [-0.1, -0.05) is 29.3 Å². The lowest BCUT2D eigenvalue weighted by molar-refractivity contribution is -0.126. The second-order valence-electron chi connectivity index (χ2n) is 6.09. The zero-order chi connectivity index (χ0) is 17.5. The maximum Gasteiger partial charge on any atom is 0.227 e. The van der Waals surface area contributed by atoms with Crippen molar-refractivity contribution < 1.29 is 18.0 Å². The minimum absolute atomic E-state index is 0.0385. The summed E-state index contributed by atoms with van der Waals surface area (Å²) in [5, 5.41) is 3.35. The molecule has 1 aromatic carbocycles. The average Bonchev–Trinajstić information content (AvgIpc) is 3.05. The van der Waals surface area contributed by atoms with Gasteiger partial charge in [0.15, 0.2) is 9.84 Å². The predicted octanol–water partition coefficient (Wildman–Crippen LogP) is 1.65. The molecule has 0 aromatic heterocycles. The number of carbonyl (C=O) groups excluding carboxylic acids is 2. The molecule has 0 radical (unpaired) electrons. The Morgan fingerprint density at radius 2 is 2.04 bits per heavy atom. The molecule has 1 aromatic rings. The van der Waals surface area contributed by atoms with Crippen LogP contribution in [0.3, 0.4) is 0 Å². The number of nitrogens with zero attached hydrogens (tertiary/aromatic N) is 1. The van der Waals surface area contributed by atoms with Gasteiger partial charge in [-0.2, -0.15) is 0 Å². The number of benzene rings is 1. The van der Waals surface area contributed by atoms with Crippen LogP contribution in [0, 0.1) is 5.92 Å². The highest BCUT2D eigenvalue weighted by Gasteiger charge is 2.38. The number of carbonyl (C=O) groups is 2. The van der Waals surface area contributed by atoms with E-state index >= 15 is 0 Å². The topological polar surface area (TPSA) is 83.5 Å². The standard InChI is InChI=1S/C15H16Cl2N2O4S/c16-11-2-1-3-12(14(11)17)19-7-9(6-13(19)20)15(21)18-10-4-5-24(22,23)8-10/h1-3,9-10H,4-8H2,(H,18,21). The number of rotatable bonds is 3. The Hall–Kier alpha value is -1.31. The van der Waals surface area contributed by atoms with Gasteiger partial charge in [-0.25, -0.2) is 8.42 Å². The summed E-state index contributed by atoms with van der Waals surface area (Å²) in [5.74, 6) is -0.991. The van der Waals surface area contributed by atoms with Crippen molar-refractivity contribution in [1.29, 1.82) is 0 Å². The summed E-state index contributed by atoms with van der Waals surface area (Å²) in [7, 11) is -3.06. The van der Waals surface area contributed by atoms with Crippen molar-refractivity contribution in [2.24, 2.45) is 5.92 Å². The molecule has 2 saturated heterocycles. The van der Waals surface area contributed by atoms with Gasteiger partial charge >= 0.3 is 0 Å². The Morgan fingerprint density at radius 3 is 2.71 bits per heavy atom. The summed E-state index contributed by atoms with van der Waals surface area (Å²) in [6.07, 6.45) is 0.479. The fourth-order valence-corrected chi connectivity index (χ4v) is 5.12. The van der Waals surface area contributed by atoms with Crippen LogP contribution in [-0.2, 0) is 19.4 Å². The Labute approximate surface area is 150 Å². The highest BCUT2D eigenvalue weighted by Crippen LogP contribution is 2.35. The summed E-state index contributed by atoms with van der Waals surface area (Å²) >= 11 is 12.1. The maximum atomic E-state index is 12.3. The third-order valence-corrected chi connectivity index (χ3v) is 6.87. The molecule has 2 aliphatic rings. The van der Waals surface area contributed by atoms with Crippen LogP contribution in [0.15, 0.2) is 18.2 Å². The molecule has 0 aliphatic carbocycles. The SMILES string of the molecule is O=C(NC1CCS(=O)(=O)C1)C1CC(=O)N(c2cccc(Cl)c2Cl)C1. The van der Waals surface area contributed by atoms with E-state index in [1.807, 2.05) is 0 Å². The summed E-state index contributed by atoms with van der Waals surface area (Å²) in [5.41, 5.74) is 0.480. The second kappa shape index (κ2) is 6.54. The molecule has 6 nitrogen and oxygen atoms in total. The van der Waals surface area contributed by atoms with Crippen molar-refractivity contribution in [3.8, 4) is 0 Å². The molecule has 1 N–H and O–H groups in total. The first-order valence-electron chi connectivity index (χ1n) is 7.52. The molecule has 2 aliphatic heterocycles. The molecule has 2 heterocycles. The first-order valence-corrected chi connectivity index (χ1v) is 10.1. The van der Waals surface area contributed by atoms with Gasteiger partial charge in [0.05, 0.1) is 33.2 Å². The average molecular weight is 391 g/mol. The third kappa shape index (κ3) is 3.53. The van der Waals surface area contributed by atoms with E-state index in [2.05, 4.69) is 5.32 Å². The van der Waals surface area contributed by atoms with Crippen molar-refractivity contribution in [2.75, 3.05) is 23.0 Å². The van der Waals surface area contributed by atoms with Crippen LogP contribution in [0.25, 0.3) is 0 Å². The van der Waals surface area contributed by atoms with Crippen LogP contribution < -0.4 is 10.2 Å². The van der Waals surface area contributed by atoms with E-state index in [4.69, 9.17) is 23.2 Å². The largest absolute Gasteiger partial charge is 0.352 e. The van der Waals surface area contributed by atoms with Gasteiger partial charge in [-0.05, 0) is 18.6 Å². The molecule has 0 bridgehead atoms. The van der Waals surface area contributed by atoms with Crippen LogP contribution in [0.2, 0.25) is 10.0 Å². The van der Waals surface area contributed by atoms with E-state index in [9.17, 15) is 18.0 Å². The summed E-state index contributed by atoms with van der Waals surface area (Å²) < 4.78 is 22.9. The van der Waals surface area contributed by atoms with E-state index in [1.165, 1.54) is 4.90 Å². The second-order valence-corrected chi connectivity index (χ2v) is 9.10. The highest BCUT2D eigenvalue weighted by atomic mass is 35.5. The lowest BCUT2D eigenvalue weighted by Crippen LogP contribution is -2.40. The number of nitrogens with one attached hydrogen (secondary N) is 1. The van der Waals surface area contributed by atoms with E-state index in [-0.39, 0.29) is 47.4 Å². The molecule has 9 heteroatoms. The van der Waals surface area contributed by atoms with E-state index in [0.717, 1.165) is 0 Å². The maximum absolute atomic E-state index is 12.3. The van der Waals surface area contributed by atoms with Gasteiger partial charge in [-0.3, -0.25) is 9.59 Å². The Bertz CT molecular complexity index is 797. The van der Waals surface area contributed by atoms with Gasteiger partial charge < -0.3 is 10.2 Å². The van der Waals surface area contributed by atoms with Crippen LogP contribution in [0.4, 0.5) is 5.69 Å². The minimum atomic E-state index is -3.06. The van der Waals surface area contributed by atoms with E-state index in [1.54, 1.807) is 18.2 Å². The Balaban J connectivity index is 1.68. The Morgan fingerprint density at radius 1 is 1.29 bits per heavy atom. The predicted molar refractivity (Wildman–Crippen MR) is 92.1 cm³/mol. The first kappa shape index (κ1) is 17.5. The van der Waals surface area contributed by atoms with Crippen molar-refractivity contribution in [3.05, 3.63) is 28.2 Å². The van der Waals surface area contributed by atoms with E-state index < -0.39 is 15.8 Å². The van der Waals surface area contributed by atoms with Crippen LogP contribution in [0.5, 0.6) is 0 Å². The van der Waals surface area contributed by atoms with Crippen LogP contribution in [0.1, 0.15) is 12.8 Å². The lowest BCUT2D eigenvalue weighted by Gasteiger charge is -2.19. The van der Waals surface area contributed by atoms with Gasteiger partial charge in [0, 0.05) is 19.0 Å². The number of anilines is 1. The normalized spacial score (nSPS) is 25.9. The fourth-order valence-electron chi connectivity index (χ4n) is 3.04. The molecular formula is C15H16Cl2N2O4S. The highest BCUT2D eigenvalue weighted by molar-refractivity contribution is 7.91. The quantitative estimate of drug-likeness (QED) is 0.850. The number of hydrogen-bond donors (Lipinski definition) is 1. The van der Waals surface area contributed by atoms with Crippen molar-refractivity contribution in [3.63, 3.8) is 0 Å². The zero-order valence-corrected chi connectivity index (χ0v) is 15.0. The molecule has 2 amide bonds. The smallest absolute Gasteiger partial charge is 0.227 e. The number of hydrogen-bond acceptors (Lipinski definition) is 4. The van der Waals surface area contributed by atoms with Gasteiger partial charge in [0.2, 0.25) is 11.8 Å². The molecule has 130 valence electrons. The van der Waals surface area contributed by atoms with Crippen molar-refractivity contribution in [2.45, 2.75) is 18.9 Å².